The number of carboxylic acid groups (broad SMARTS) is 1. The van der Waals surface area contributed by atoms with Crippen LogP contribution in [0.1, 0.15) is 12.5 Å². The number of ether oxygens (including phenoxy) is 2. The van der Waals surface area contributed by atoms with Crippen LogP contribution >= 0.6 is 0 Å². The number of aromatic nitrogens is 4. The summed E-state index contributed by atoms with van der Waals surface area (Å²) >= 11 is 0. The molecule has 3 aromatic heterocycles. The first-order valence-corrected chi connectivity index (χ1v) is 11.3. The molecular formula is C25H23N5O7. The third-order valence-corrected chi connectivity index (χ3v) is 6.10. The zero-order valence-corrected chi connectivity index (χ0v) is 19.7. The van der Waals surface area contributed by atoms with E-state index in [9.17, 15) is 14.7 Å². The van der Waals surface area contributed by atoms with Crippen molar-refractivity contribution in [3.63, 3.8) is 0 Å². The number of aliphatic hydroxyl groups is 1. The molecule has 2 aromatic carbocycles. The van der Waals surface area contributed by atoms with E-state index in [0.717, 1.165) is 0 Å². The Morgan fingerprint density at radius 2 is 1.95 bits per heavy atom. The maximum absolute atomic E-state index is 13.1. The minimum Gasteiger partial charge on any atom is -0.480 e. The van der Waals surface area contributed by atoms with E-state index in [-0.39, 0.29) is 54.7 Å². The number of fused-ring (bicyclic) bond motifs is 3. The standard InChI is InChI=1S/C25H23N5O7/c1-25(23(33)34,14-6-7-18-16(10-14)20(32)15-4-2-3-5-17(15)37-18)11-36-22-19-21(28-24(26)29-22)30(12-27-19)13-35-9-8-31/h2-7,10,12,31H,8-9,11,13H2,1H3,(H,33,34)(H2,26,28,29). The van der Waals surface area contributed by atoms with Gasteiger partial charge in [-0.05, 0) is 36.8 Å². The molecule has 3 heterocycles. The average Bonchev–Trinajstić information content (AvgIpc) is 3.29. The number of anilines is 1. The fraction of sp³-hybridized carbons (Fsp3) is 0.240. The fourth-order valence-electron chi connectivity index (χ4n) is 3.98. The lowest BCUT2D eigenvalue weighted by molar-refractivity contribution is -0.144. The molecule has 4 N–H and O–H groups in total. The van der Waals surface area contributed by atoms with Gasteiger partial charge in [-0.3, -0.25) is 14.2 Å². The summed E-state index contributed by atoms with van der Waals surface area (Å²) < 4.78 is 18.6. The van der Waals surface area contributed by atoms with Crippen molar-refractivity contribution in [3.8, 4) is 5.88 Å². The second-order valence-electron chi connectivity index (χ2n) is 8.60. The molecule has 0 fully saturated rings. The molecule has 37 heavy (non-hydrogen) atoms. The number of nitrogens with zero attached hydrogens (tertiary/aromatic N) is 4. The monoisotopic (exact) mass is 505 g/mol. The number of carbonyl (C=O) groups is 1. The van der Waals surface area contributed by atoms with Crippen LogP contribution in [0.15, 0.2) is 58.0 Å². The Balaban J connectivity index is 1.50. The Morgan fingerprint density at radius 3 is 2.73 bits per heavy atom. The molecule has 12 nitrogen and oxygen atoms in total. The Bertz CT molecular complexity index is 1700. The van der Waals surface area contributed by atoms with E-state index in [1.54, 1.807) is 41.0 Å². The predicted molar refractivity (Wildman–Crippen MR) is 133 cm³/mol. The van der Waals surface area contributed by atoms with Crippen molar-refractivity contribution in [1.82, 2.24) is 19.5 Å². The molecule has 0 aliphatic carbocycles. The van der Waals surface area contributed by atoms with Gasteiger partial charge in [0.2, 0.25) is 17.3 Å². The van der Waals surface area contributed by atoms with Crippen LogP contribution in [0, 0.1) is 0 Å². The van der Waals surface area contributed by atoms with Gasteiger partial charge >= 0.3 is 5.97 Å². The first-order valence-electron chi connectivity index (χ1n) is 11.3. The van der Waals surface area contributed by atoms with Crippen LogP contribution in [0.25, 0.3) is 33.1 Å². The molecule has 5 aromatic rings. The van der Waals surface area contributed by atoms with E-state index in [1.807, 2.05) is 0 Å². The van der Waals surface area contributed by atoms with Gasteiger partial charge in [0.25, 0.3) is 0 Å². The first kappa shape index (κ1) is 24.2. The summed E-state index contributed by atoms with van der Waals surface area (Å²) in [6.45, 7) is 1.20. The Hall–Kier alpha value is -4.55. The maximum atomic E-state index is 13.1. The highest BCUT2D eigenvalue weighted by Gasteiger charge is 2.37. The largest absolute Gasteiger partial charge is 0.480 e. The highest BCUT2D eigenvalue weighted by atomic mass is 16.5. The van der Waals surface area contributed by atoms with E-state index in [4.69, 9.17) is 24.7 Å². The fourth-order valence-corrected chi connectivity index (χ4v) is 3.98. The summed E-state index contributed by atoms with van der Waals surface area (Å²) in [7, 11) is 0. The normalized spacial score (nSPS) is 13.2. The van der Waals surface area contributed by atoms with Crippen molar-refractivity contribution in [1.29, 1.82) is 0 Å². The number of para-hydroxylation sites is 1. The smallest absolute Gasteiger partial charge is 0.317 e. The van der Waals surface area contributed by atoms with Gasteiger partial charge < -0.3 is 29.8 Å². The van der Waals surface area contributed by atoms with E-state index >= 15 is 0 Å². The number of nitrogens with two attached hydrogens (primary N) is 1. The zero-order chi connectivity index (χ0) is 26.2. The average molecular weight is 505 g/mol. The number of imidazole rings is 1. The molecule has 12 heteroatoms. The van der Waals surface area contributed by atoms with Gasteiger partial charge in [0.15, 0.2) is 11.2 Å². The van der Waals surface area contributed by atoms with E-state index in [2.05, 4.69) is 15.0 Å². The quantitative estimate of drug-likeness (QED) is 0.197. The van der Waals surface area contributed by atoms with Crippen molar-refractivity contribution in [2.24, 2.45) is 0 Å². The number of nitrogen functional groups attached to an aromatic ring is 1. The number of hydrogen-bond acceptors (Lipinski definition) is 10. The summed E-state index contributed by atoms with van der Waals surface area (Å²) in [5.41, 5.74) is 5.76. The van der Waals surface area contributed by atoms with Gasteiger partial charge in [0.05, 0.1) is 30.3 Å². The molecule has 0 aliphatic rings. The van der Waals surface area contributed by atoms with Crippen molar-refractivity contribution in [2.75, 3.05) is 25.6 Å². The minimum atomic E-state index is -1.56. The summed E-state index contributed by atoms with van der Waals surface area (Å²) in [4.78, 5) is 38.1. The number of carboxylic acids is 1. The van der Waals surface area contributed by atoms with Gasteiger partial charge in [-0.2, -0.15) is 9.97 Å². The van der Waals surface area contributed by atoms with E-state index in [1.165, 1.54) is 19.3 Å². The molecule has 0 saturated carbocycles. The number of benzene rings is 2. The lowest BCUT2D eigenvalue weighted by atomic mass is 9.82. The number of hydrogen-bond donors (Lipinski definition) is 3. The number of rotatable bonds is 9. The maximum Gasteiger partial charge on any atom is 0.317 e. The van der Waals surface area contributed by atoms with Gasteiger partial charge in [-0.25, -0.2) is 4.98 Å². The molecule has 0 saturated heterocycles. The Morgan fingerprint density at radius 1 is 1.16 bits per heavy atom. The van der Waals surface area contributed by atoms with Gasteiger partial charge in [0, 0.05) is 0 Å². The van der Waals surface area contributed by atoms with Gasteiger partial charge in [-0.1, -0.05) is 18.2 Å². The van der Waals surface area contributed by atoms with Crippen LogP contribution in [0.4, 0.5) is 5.95 Å². The Labute approximate surface area is 208 Å². The van der Waals surface area contributed by atoms with Crippen molar-refractivity contribution in [2.45, 2.75) is 19.1 Å². The highest BCUT2D eigenvalue weighted by molar-refractivity contribution is 5.91. The summed E-state index contributed by atoms with van der Waals surface area (Å²) in [6, 6.07) is 11.6. The Kier molecular flexibility index (Phi) is 6.19. The molecule has 0 bridgehead atoms. The van der Waals surface area contributed by atoms with Crippen molar-refractivity contribution < 1.29 is 28.9 Å². The molecular weight excluding hydrogens is 482 g/mol. The van der Waals surface area contributed by atoms with E-state index in [0.29, 0.717) is 27.8 Å². The molecule has 0 spiro atoms. The van der Waals surface area contributed by atoms with E-state index < -0.39 is 11.4 Å². The third-order valence-electron chi connectivity index (χ3n) is 6.10. The van der Waals surface area contributed by atoms with Crippen LogP contribution in [-0.4, -0.2) is 55.5 Å². The van der Waals surface area contributed by atoms with Crippen LogP contribution < -0.4 is 15.9 Å². The molecule has 190 valence electrons. The second-order valence-corrected chi connectivity index (χ2v) is 8.60. The van der Waals surface area contributed by atoms with Crippen molar-refractivity contribution in [3.05, 3.63) is 64.6 Å². The summed E-state index contributed by atoms with van der Waals surface area (Å²) in [6.07, 6.45) is 1.45. The third kappa shape index (κ3) is 4.32. The lowest BCUT2D eigenvalue weighted by Crippen LogP contribution is -2.39. The topological polar surface area (TPSA) is 176 Å². The number of aliphatic carboxylic acids is 1. The molecule has 1 unspecified atom stereocenters. The molecule has 5 rings (SSSR count). The van der Waals surface area contributed by atoms with Crippen molar-refractivity contribution >= 4 is 45.0 Å². The lowest BCUT2D eigenvalue weighted by Gasteiger charge is -2.25. The van der Waals surface area contributed by atoms with Gasteiger partial charge in [0.1, 0.15) is 29.9 Å². The minimum absolute atomic E-state index is 0.00202. The summed E-state index contributed by atoms with van der Waals surface area (Å²) in [5, 5.41) is 19.8. The second kappa shape index (κ2) is 9.48. The molecule has 1 atom stereocenters. The highest BCUT2D eigenvalue weighted by Crippen LogP contribution is 2.30. The van der Waals surface area contributed by atoms with Gasteiger partial charge in [-0.15, -0.1) is 0 Å². The SMILES string of the molecule is CC(COc1nc(N)nc2c1ncn2COCCO)(C(=O)O)c1ccc2oc3ccccc3c(=O)c2c1. The van der Waals surface area contributed by atoms with Crippen LogP contribution in [0.3, 0.4) is 0 Å². The predicted octanol–water partition coefficient (Wildman–Crippen LogP) is 2.06. The molecule has 0 radical (unpaired) electrons. The summed E-state index contributed by atoms with van der Waals surface area (Å²) in [5.74, 6) is -1.26. The first-order chi connectivity index (χ1) is 17.8. The number of aliphatic hydroxyl groups excluding tert-OH is 1. The van der Waals surface area contributed by atoms with Crippen LogP contribution in [0.5, 0.6) is 5.88 Å². The van der Waals surface area contributed by atoms with Crippen LogP contribution in [-0.2, 0) is 21.7 Å². The van der Waals surface area contributed by atoms with Crippen LogP contribution in [0.2, 0.25) is 0 Å². The molecule has 0 amide bonds. The zero-order valence-electron chi connectivity index (χ0n) is 19.7. The molecule has 0 aliphatic heterocycles.